The fraction of sp³-hybridized carbons (Fsp3) is 0.200. The van der Waals surface area contributed by atoms with Gasteiger partial charge >= 0.3 is 11.9 Å². The summed E-state index contributed by atoms with van der Waals surface area (Å²) in [5.41, 5.74) is 2.00. The van der Waals surface area contributed by atoms with Gasteiger partial charge in [-0.1, -0.05) is 24.0 Å². The van der Waals surface area contributed by atoms with Crippen molar-refractivity contribution in [2.24, 2.45) is 0 Å². The number of dihydropyridines is 1. The fourth-order valence-electron chi connectivity index (χ4n) is 3.66. The van der Waals surface area contributed by atoms with Gasteiger partial charge in [0.15, 0.2) is 6.61 Å². The van der Waals surface area contributed by atoms with Crippen molar-refractivity contribution in [3.05, 3.63) is 92.3 Å². The minimum atomic E-state index is -0.939. The van der Waals surface area contributed by atoms with E-state index in [9.17, 15) is 24.8 Å². The molecular formula is C25H22N2O7. The fourth-order valence-corrected chi connectivity index (χ4v) is 3.66. The predicted octanol–water partition coefficient (Wildman–Crippen LogP) is 3.30. The Morgan fingerprint density at radius 2 is 1.74 bits per heavy atom. The minimum Gasteiger partial charge on any atom is -0.508 e. The van der Waals surface area contributed by atoms with Crippen LogP contribution in [0.3, 0.4) is 0 Å². The third kappa shape index (κ3) is 5.24. The van der Waals surface area contributed by atoms with Gasteiger partial charge in [0.2, 0.25) is 0 Å². The van der Waals surface area contributed by atoms with E-state index in [2.05, 4.69) is 17.2 Å². The molecular weight excluding hydrogens is 440 g/mol. The number of esters is 2. The largest absolute Gasteiger partial charge is 0.508 e. The van der Waals surface area contributed by atoms with Crippen LogP contribution < -0.4 is 5.32 Å². The van der Waals surface area contributed by atoms with Crippen LogP contribution in [0.2, 0.25) is 0 Å². The molecule has 1 atom stereocenters. The zero-order valence-electron chi connectivity index (χ0n) is 18.7. The highest BCUT2D eigenvalue weighted by Crippen LogP contribution is 2.40. The molecule has 1 aliphatic rings. The predicted molar refractivity (Wildman–Crippen MR) is 122 cm³/mol. The molecule has 9 nitrogen and oxygen atoms in total. The Balaban J connectivity index is 1.94. The first-order chi connectivity index (χ1) is 16.2. The number of phenols is 1. The Morgan fingerprint density at radius 1 is 1.09 bits per heavy atom. The Morgan fingerprint density at radius 3 is 2.35 bits per heavy atom. The van der Waals surface area contributed by atoms with E-state index in [1.807, 2.05) is 0 Å². The van der Waals surface area contributed by atoms with Gasteiger partial charge in [-0.15, -0.1) is 0 Å². The molecule has 0 radical (unpaired) electrons. The lowest BCUT2D eigenvalue weighted by Gasteiger charge is -2.30. The number of phenolic OH excluding ortho intramolecular Hbond substituents is 1. The molecule has 0 fully saturated rings. The number of hydrogen-bond donors (Lipinski definition) is 2. The highest BCUT2D eigenvalue weighted by atomic mass is 16.6. The molecule has 2 N–H and O–H groups in total. The Labute approximate surface area is 195 Å². The monoisotopic (exact) mass is 462 g/mol. The van der Waals surface area contributed by atoms with E-state index in [1.54, 1.807) is 32.0 Å². The highest BCUT2D eigenvalue weighted by molar-refractivity contribution is 6.00. The lowest BCUT2D eigenvalue weighted by Crippen LogP contribution is -2.32. The number of methoxy groups -OCH3 is 1. The first kappa shape index (κ1) is 24.1. The number of nitrogens with zero attached hydrogens (tertiary/aromatic N) is 1. The Hall–Kier alpha value is -4.58. The number of rotatable bonds is 5. The average molecular weight is 462 g/mol. The second-order valence-corrected chi connectivity index (χ2v) is 7.40. The van der Waals surface area contributed by atoms with Gasteiger partial charge in [-0.3, -0.25) is 10.1 Å². The molecule has 1 unspecified atom stereocenters. The van der Waals surface area contributed by atoms with Crippen LogP contribution in [-0.4, -0.2) is 35.7 Å². The molecule has 0 bridgehead atoms. The van der Waals surface area contributed by atoms with Gasteiger partial charge in [-0.05, 0) is 43.7 Å². The zero-order valence-corrected chi connectivity index (χ0v) is 18.7. The number of benzene rings is 2. The maximum atomic E-state index is 13.1. The van der Waals surface area contributed by atoms with Crippen molar-refractivity contribution in [3.8, 4) is 17.6 Å². The molecule has 0 saturated carbocycles. The molecule has 2 aromatic rings. The number of hydrogen-bond acceptors (Lipinski definition) is 8. The van der Waals surface area contributed by atoms with E-state index in [1.165, 1.54) is 37.4 Å². The molecule has 174 valence electrons. The Bertz CT molecular complexity index is 1260. The first-order valence-electron chi connectivity index (χ1n) is 10.2. The summed E-state index contributed by atoms with van der Waals surface area (Å²) >= 11 is 0. The standard InChI is InChI=1S/C25H22N2O7/c1-15-21(24(29)33-3)23(18-7-4-8-19(14-18)27(31)32)22(16(2)26-15)25(30)34-13-5-6-17-9-11-20(28)12-10-17/h4,7-12,14,23,26,28H,13H2,1-3H3. The number of aromatic hydroxyl groups is 1. The van der Waals surface area contributed by atoms with Crippen LogP contribution in [0.15, 0.2) is 71.1 Å². The van der Waals surface area contributed by atoms with Gasteiger partial charge in [0.25, 0.3) is 5.69 Å². The van der Waals surface area contributed by atoms with E-state index in [-0.39, 0.29) is 29.2 Å². The Kier molecular flexibility index (Phi) is 7.33. The van der Waals surface area contributed by atoms with E-state index >= 15 is 0 Å². The average Bonchev–Trinajstić information content (AvgIpc) is 2.82. The lowest BCUT2D eigenvalue weighted by atomic mass is 9.80. The molecule has 34 heavy (non-hydrogen) atoms. The summed E-state index contributed by atoms with van der Waals surface area (Å²) in [6.07, 6.45) is 0. The molecule has 2 aromatic carbocycles. The minimum absolute atomic E-state index is 0.112. The van der Waals surface area contributed by atoms with Crippen LogP contribution in [0.5, 0.6) is 5.75 Å². The number of carbonyl (C=O) groups excluding carboxylic acids is 2. The second kappa shape index (κ2) is 10.4. The van der Waals surface area contributed by atoms with Gasteiger partial charge < -0.3 is 19.9 Å². The van der Waals surface area contributed by atoms with Crippen molar-refractivity contribution in [1.82, 2.24) is 5.32 Å². The highest BCUT2D eigenvalue weighted by Gasteiger charge is 2.38. The van der Waals surface area contributed by atoms with Crippen LogP contribution in [0.1, 0.15) is 30.9 Å². The summed E-state index contributed by atoms with van der Waals surface area (Å²) in [4.78, 5) is 36.5. The number of ether oxygens (including phenoxy) is 2. The van der Waals surface area contributed by atoms with Gasteiger partial charge in [-0.25, -0.2) is 9.59 Å². The summed E-state index contributed by atoms with van der Waals surface area (Å²) in [5.74, 6) is 3.32. The zero-order chi connectivity index (χ0) is 24.8. The van der Waals surface area contributed by atoms with Crippen LogP contribution in [0.4, 0.5) is 5.69 Å². The molecule has 0 amide bonds. The smallest absolute Gasteiger partial charge is 0.337 e. The van der Waals surface area contributed by atoms with Crippen LogP contribution in [-0.2, 0) is 19.1 Å². The summed E-state index contributed by atoms with van der Waals surface area (Å²) in [7, 11) is 1.22. The SMILES string of the molecule is COC(=O)C1=C(C)NC(C)=C(C(=O)OCC#Cc2ccc(O)cc2)C1c1cccc([N+](=O)[O-])c1. The van der Waals surface area contributed by atoms with Crippen molar-refractivity contribution in [1.29, 1.82) is 0 Å². The molecule has 1 aliphatic heterocycles. The van der Waals surface area contributed by atoms with E-state index in [4.69, 9.17) is 9.47 Å². The second-order valence-electron chi connectivity index (χ2n) is 7.40. The first-order valence-corrected chi connectivity index (χ1v) is 10.2. The summed E-state index contributed by atoms with van der Waals surface area (Å²) in [5, 5.41) is 23.6. The normalized spacial score (nSPS) is 15.1. The molecule has 0 saturated heterocycles. The molecule has 9 heteroatoms. The van der Waals surface area contributed by atoms with Crippen LogP contribution in [0, 0.1) is 22.0 Å². The maximum absolute atomic E-state index is 13.1. The third-order valence-corrected chi connectivity index (χ3v) is 5.18. The third-order valence-electron chi connectivity index (χ3n) is 5.18. The summed E-state index contributed by atoms with van der Waals surface area (Å²) in [6.45, 7) is 3.08. The number of nitro groups is 1. The molecule has 0 aliphatic carbocycles. The van der Waals surface area contributed by atoms with Gasteiger partial charge in [0, 0.05) is 29.1 Å². The maximum Gasteiger partial charge on any atom is 0.337 e. The summed E-state index contributed by atoms with van der Waals surface area (Å²) < 4.78 is 10.3. The van der Waals surface area contributed by atoms with Crippen molar-refractivity contribution in [3.63, 3.8) is 0 Å². The lowest BCUT2D eigenvalue weighted by molar-refractivity contribution is -0.384. The number of nitro benzene ring substituents is 1. The van der Waals surface area contributed by atoms with Crippen molar-refractivity contribution in [2.45, 2.75) is 19.8 Å². The number of allylic oxidation sites excluding steroid dienone is 2. The molecule has 3 rings (SSSR count). The number of carbonyl (C=O) groups is 2. The van der Waals surface area contributed by atoms with Crippen LogP contribution >= 0.6 is 0 Å². The van der Waals surface area contributed by atoms with Gasteiger partial charge in [0.1, 0.15) is 5.75 Å². The van der Waals surface area contributed by atoms with Crippen molar-refractivity contribution in [2.75, 3.05) is 13.7 Å². The van der Waals surface area contributed by atoms with Gasteiger partial charge in [0.05, 0.1) is 29.1 Å². The van der Waals surface area contributed by atoms with Crippen molar-refractivity contribution < 1.29 is 29.1 Å². The van der Waals surface area contributed by atoms with E-state index in [0.29, 0.717) is 22.5 Å². The number of nitrogens with one attached hydrogen (secondary N) is 1. The van der Waals surface area contributed by atoms with Gasteiger partial charge in [-0.2, -0.15) is 0 Å². The van der Waals surface area contributed by atoms with Crippen molar-refractivity contribution >= 4 is 17.6 Å². The van der Waals surface area contributed by atoms with E-state index in [0.717, 1.165) is 0 Å². The van der Waals surface area contributed by atoms with E-state index < -0.39 is 22.8 Å². The topological polar surface area (TPSA) is 128 Å². The summed E-state index contributed by atoms with van der Waals surface area (Å²) in [6, 6.07) is 12.0. The number of non-ortho nitro benzene ring substituents is 1. The molecule has 0 spiro atoms. The van der Waals surface area contributed by atoms with Crippen LogP contribution in [0.25, 0.3) is 0 Å². The quantitative estimate of drug-likeness (QED) is 0.300. The molecule has 0 aromatic heterocycles. The molecule has 1 heterocycles.